The van der Waals surface area contributed by atoms with E-state index in [1.807, 2.05) is 13.8 Å². The van der Waals surface area contributed by atoms with Crippen molar-refractivity contribution >= 4 is 5.95 Å². The maximum absolute atomic E-state index is 5.57. The zero-order chi connectivity index (χ0) is 14.0. The van der Waals surface area contributed by atoms with Crippen LogP contribution in [0.3, 0.4) is 0 Å². The first-order valence-electron chi connectivity index (χ1n) is 6.72. The Bertz CT molecular complexity index is 434. The first kappa shape index (κ1) is 14.1. The Hall–Kier alpha value is -1.36. The summed E-state index contributed by atoms with van der Waals surface area (Å²) in [5, 5.41) is 3.36. The summed E-state index contributed by atoms with van der Waals surface area (Å²) in [6.45, 7) is 8.34. The molecule has 1 aromatic rings. The summed E-state index contributed by atoms with van der Waals surface area (Å²) < 4.78 is 11.0. The fourth-order valence-electron chi connectivity index (χ4n) is 2.41. The van der Waals surface area contributed by atoms with Gasteiger partial charge in [0.1, 0.15) is 0 Å². The summed E-state index contributed by atoms with van der Waals surface area (Å²) in [6, 6.07) is 2.10. The van der Waals surface area contributed by atoms with Gasteiger partial charge in [0, 0.05) is 30.8 Å². The Balaban J connectivity index is 2.00. The summed E-state index contributed by atoms with van der Waals surface area (Å²) >= 11 is 0. The second-order valence-electron chi connectivity index (χ2n) is 5.86. The summed E-state index contributed by atoms with van der Waals surface area (Å²) in [7, 11) is 1.76. The van der Waals surface area contributed by atoms with Crippen molar-refractivity contribution in [2.75, 3.05) is 12.4 Å². The topological polar surface area (TPSA) is 56.3 Å². The van der Waals surface area contributed by atoms with Gasteiger partial charge in [0.25, 0.3) is 0 Å². The lowest BCUT2D eigenvalue weighted by Crippen LogP contribution is -2.57. The highest BCUT2D eigenvalue weighted by molar-refractivity contribution is 5.32. The van der Waals surface area contributed by atoms with Crippen LogP contribution in [0.1, 0.15) is 34.1 Å². The molecule has 5 heteroatoms. The van der Waals surface area contributed by atoms with Gasteiger partial charge in [-0.3, -0.25) is 0 Å². The molecule has 0 aliphatic heterocycles. The molecule has 2 unspecified atom stereocenters. The Morgan fingerprint density at radius 3 is 2.74 bits per heavy atom. The number of aromatic nitrogens is 2. The van der Waals surface area contributed by atoms with E-state index in [9.17, 15) is 0 Å². The molecule has 0 bridgehead atoms. The maximum Gasteiger partial charge on any atom is 0.226 e. The van der Waals surface area contributed by atoms with E-state index in [2.05, 4.69) is 29.1 Å². The Morgan fingerprint density at radius 2 is 2.16 bits per heavy atom. The van der Waals surface area contributed by atoms with Crippen LogP contribution in [0.25, 0.3) is 0 Å². The van der Waals surface area contributed by atoms with E-state index in [0.29, 0.717) is 24.0 Å². The van der Waals surface area contributed by atoms with Crippen LogP contribution in [-0.2, 0) is 4.74 Å². The number of methoxy groups -OCH3 is 1. The van der Waals surface area contributed by atoms with Crippen molar-refractivity contribution < 1.29 is 9.47 Å². The lowest BCUT2D eigenvalue weighted by molar-refractivity contribution is -0.0796. The molecule has 0 radical (unpaired) electrons. The van der Waals surface area contributed by atoms with Crippen molar-refractivity contribution in [3.8, 4) is 5.88 Å². The van der Waals surface area contributed by atoms with Crippen molar-refractivity contribution in [2.45, 2.75) is 52.4 Å². The average molecular weight is 265 g/mol. The maximum atomic E-state index is 5.57. The van der Waals surface area contributed by atoms with Crippen LogP contribution < -0.4 is 10.1 Å². The molecule has 0 saturated heterocycles. The quantitative estimate of drug-likeness (QED) is 0.886. The van der Waals surface area contributed by atoms with Crippen LogP contribution in [0, 0.1) is 5.41 Å². The standard InChI is InChI=1S/C14H23N3O2/c1-9(2)19-12-6-7-15-13(17-12)16-10-8-11(18-5)14(10,3)4/h6-7,9-11H,8H2,1-5H3,(H,15,16,17). The number of rotatable bonds is 5. The van der Waals surface area contributed by atoms with Crippen LogP contribution in [0.2, 0.25) is 0 Å². The molecule has 2 rings (SSSR count). The molecule has 0 spiro atoms. The number of hydrogen-bond donors (Lipinski definition) is 1. The molecule has 0 aromatic carbocycles. The number of nitrogens with one attached hydrogen (secondary N) is 1. The molecule has 1 aliphatic rings. The van der Waals surface area contributed by atoms with E-state index in [4.69, 9.17) is 9.47 Å². The van der Waals surface area contributed by atoms with Crippen LogP contribution in [0.15, 0.2) is 12.3 Å². The second-order valence-corrected chi connectivity index (χ2v) is 5.86. The molecule has 0 amide bonds. The molecule has 1 N–H and O–H groups in total. The van der Waals surface area contributed by atoms with Crippen LogP contribution >= 0.6 is 0 Å². The van der Waals surface area contributed by atoms with Gasteiger partial charge in [0.15, 0.2) is 0 Å². The Morgan fingerprint density at radius 1 is 1.42 bits per heavy atom. The third-order valence-corrected chi connectivity index (χ3v) is 3.75. The highest BCUT2D eigenvalue weighted by Crippen LogP contribution is 2.43. The largest absolute Gasteiger partial charge is 0.475 e. The zero-order valence-corrected chi connectivity index (χ0v) is 12.3. The molecule has 19 heavy (non-hydrogen) atoms. The van der Waals surface area contributed by atoms with Gasteiger partial charge in [-0.15, -0.1) is 0 Å². The van der Waals surface area contributed by atoms with Gasteiger partial charge in [-0.2, -0.15) is 4.98 Å². The van der Waals surface area contributed by atoms with Gasteiger partial charge in [-0.1, -0.05) is 13.8 Å². The summed E-state index contributed by atoms with van der Waals surface area (Å²) in [4.78, 5) is 8.61. The highest BCUT2D eigenvalue weighted by atomic mass is 16.5. The van der Waals surface area contributed by atoms with Gasteiger partial charge in [-0.25, -0.2) is 4.98 Å². The van der Waals surface area contributed by atoms with Crippen LogP contribution in [0.4, 0.5) is 5.95 Å². The molecular weight excluding hydrogens is 242 g/mol. The Labute approximate surface area is 114 Å². The molecule has 1 heterocycles. The first-order chi connectivity index (χ1) is 8.93. The van der Waals surface area contributed by atoms with Crippen molar-refractivity contribution in [3.05, 3.63) is 12.3 Å². The normalized spacial score (nSPS) is 24.9. The van der Waals surface area contributed by atoms with E-state index in [1.54, 1.807) is 19.4 Å². The lowest BCUT2D eigenvalue weighted by atomic mass is 9.64. The van der Waals surface area contributed by atoms with Crippen molar-refractivity contribution in [1.29, 1.82) is 0 Å². The third kappa shape index (κ3) is 2.97. The molecule has 2 atom stereocenters. The lowest BCUT2D eigenvalue weighted by Gasteiger charge is -2.51. The van der Waals surface area contributed by atoms with Crippen molar-refractivity contribution in [1.82, 2.24) is 9.97 Å². The number of ether oxygens (including phenoxy) is 2. The SMILES string of the molecule is COC1CC(Nc2nccc(OC(C)C)n2)C1(C)C. The molecule has 1 aliphatic carbocycles. The third-order valence-electron chi connectivity index (χ3n) is 3.75. The minimum absolute atomic E-state index is 0.0903. The zero-order valence-electron chi connectivity index (χ0n) is 12.3. The van der Waals surface area contributed by atoms with E-state index < -0.39 is 0 Å². The molecule has 1 saturated carbocycles. The van der Waals surface area contributed by atoms with E-state index in [-0.39, 0.29) is 11.5 Å². The van der Waals surface area contributed by atoms with Gasteiger partial charge in [-0.05, 0) is 20.3 Å². The average Bonchev–Trinajstić information content (AvgIpc) is 2.33. The highest BCUT2D eigenvalue weighted by Gasteiger charge is 2.48. The van der Waals surface area contributed by atoms with Crippen LogP contribution in [-0.4, -0.2) is 35.3 Å². The van der Waals surface area contributed by atoms with Gasteiger partial charge in [0.05, 0.1) is 12.2 Å². The molecular formula is C14H23N3O2. The predicted octanol–water partition coefficient (Wildman–Crippen LogP) is 2.49. The van der Waals surface area contributed by atoms with E-state index >= 15 is 0 Å². The van der Waals surface area contributed by atoms with Gasteiger partial charge in [0.2, 0.25) is 11.8 Å². The predicted molar refractivity (Wildman–Crippen MR) is 74.4 cm³/mol. The minimum atomic E-state index is 0.0903. The summed E-state index contributed by atoms with van der Waals surface area (Å²) in [6.07, 6.45) is 3.09. The monoisotopic (exact) mass is 265 g/mol. The van der Waals surface area contributed by atoms with E-state index in [0.717, 1.165) is 6.42 Å². The van der Waals surface area contributed by atoms with Crippen molar-refractivity contribution in [3.63, 3.8) is 0 Å². The van der Waals surface area contributed by atoms with Gasteiger partial charge < -0.3 is 14.8 Å². The summed E-state index contributed by atoms with van der Waals surface area (Å²) in [5.74, 6) is 1.22. The minimum Gasteiger partial charge on any atom is -0.475 e. The number of nitrogens with zero attached hydrogens (tertiary/aromatic N) is 2. The fourth-order valence-corrected chi connectivity index (χ4v) is 2.41. The van der Waals surface area contributed by atoms with Crippen molar-refractivity contribution in [2.24, 2.45) is 5.41 Å². The molecule has 1 aromatic heterocycles. The first-order valence-corrected chi connectivity index (χ1v) is 6.72. The molecule has 106 valence electrons. The number of hydrogen-bond acceptors (Lipinski definition) is 5. The Kier molecular flexibility index (Phi) is 3.94. The van der Waals surface area contributed by atoms with Gasteiger partial charge >= 0.3 is 0 Å². The van der Waals surface area contributed by atoms with Crippen LogP contribution in [0.5, 0.6) is 5.88 Å². The fraction of sp³-hybridized carbons (Fsp3) is 0.714. The summed E-state index contributed by atoms with van der Waals surface area (Å²) in [5.41, 5.74) is 0.0903. The molecule has 5 nitrogen and oxygen atoms in total. The second kappa shape index (κ2) is 5.33. The van der Waals surface area contributed by atoms with E-state index in [1.165, 1.54) is 0 Å². The smallest absolute Gasteiger partial charge is 0.226 e. The molecule has 1 fully saturated rings. The number of anilines is 1.